The summed E-state index contributed by atoms with van der Waals surface area (Å²) in [5, 5.41) is 6.17. The van der Waals surface area contributed by atoms with Crippen molar-refractivity contribution < 1.29 is 27.5 Å². The Morgan fingerprint density at radius 1 is 1.13 bits per heavy atom. The third-order valence-electron chi connectivity index (χ3n) is 3.76. The molecule has 0 unspecified atom stereocenters. The summed E-state index contributed by atoms with van der Waals surface area (Å²) in [6.07, 6.45) is -4.71. The minimum atomic E-state index is -4.50. The molecule has 0 aliphatic carbocycles. The van der Waals surface area contributed by atoms with Crippen LogP contribution in [0.25, 0.3) is 0 Å². The van der Waals surface area contributed by atoms with Crippen molar-refractivity contribution in [1.82, 2.24) is 5.43 Å². The number of nitrogens with zero attached hydrogens (tertiary/aromatic N) is 1. The lowest BCUT2D eigenvalue weighted by atomic mass is 10.2. The molecule has 2 aromatic carbocycles. The number of hydrazone groups is 1. The number of rotatable bonds is 7. The maximum Gasteiger partial charge on any atom is 0.416 e. The normalized spacial score (nSPS) is 11.7. The fourth-order valence-electron chi connectivity index (χ4n) is 2.36. The number of amides is 2. The molecule has 0 saturated heterocycles. The lowest BCUT2D eigenvalue weighted by Crippen LogP contribution is -2.26. The number of aryl methyl sites for hydroxylation is 1. The van der Waals surface area contributed by atoms with E-state index in [1.54, 1.807) is 12.1 Å². The first-order valence-corrected chi connectivity index (χ1v) is 9.52. The van der Waals surface area contributed by atoms with Gasteiger partial charge in [-0.05, 0) is 55.8 Å². The molecular formula is C20H19BrF3N3O3. The Kier molecular flexibility index (Phi) is 7.99. The van der Waals surface area contributed by atoms with Crippen molar-refractivity contribution in [2.24, 2.45) is 5.10 Å². The monoisotopic (exact) mass is 485 g/mol. The Hall–Kier alpha value is -2.88. The molecule has 0 spiro atoms. The largest absolute Gasteiger partial charge is 0.483 e. The maximum absolute atomic E-state index is 12.7. The number of halogens is 4. The fourth-order valence-corrected chi connectivity index (χ4v) is 2.83. The van der Waals surface area contributed by atoms with Gasteiger partial charge in [0.25, 0.3) is 5.91 Å². The van der Waals surface area contributed by atoms with Gasteiger partial charge in [-0.3, -0.25) is 9.59 Å². The van der Waals surface area contributed by atoms with Crippen LogP contribution < -0.4 is 15.5 Å². The van der Waals surface area contributed by atoms with Crippen LogP contribution in [0.4, 0.5) is 18.9 Å². The number of carbonyl (C=O) groups excluding carboxylic acids is 2. The van der Waals surface area contributed by atoms with Gasteiger partial charge in [-0.2, -0.15) is 18.3 Å². The molecule has 0 radical (unpaired) electrons. The Balaban J connectivity index is 1.83. The number of carbonyl (C=O) groups is 2. The van der Waals surface area contributed by atoms with Crippen LogP contribution in [0.3, 0.4) is 0 Å². The molecule has 6 nitrogen and oxygen atoms in total. The van der Waals surface area contributed by atoms with Crippen LogP contribution in [0.5, 0.6) is 5.75 Å². The summed E-state index contributed by atoms with van der Waals surface area (Å²) in [5.41, 5.74) is 2.55. The molecule has 10 heteroatoms. The second kappa shape index (κ2) is 10.2. The topological polar surface area (TPSA) is 79.8 Å². The quantitative estimate of drug-likeness (QED) is 0.441. The van der Waals surface area contributed by atoms with Crippen LogP contribution >= 0.6 is 15.9 Å². The van der Waals surface area contributed by atoms with Gasteiger partial charge < -0.3 is 10.1 Å². The predicted molar refractivity (Wildman–Crippen MR) is 110 cm³/mol. The molecule has 0 bridgehead atoms. The van der Waals surface area contributed by atoms with E-state index in [1.165, 1.54) is 19.1 Å². The van der Waals surface area contributed by atoms with Gasteiger partial charge in [-0.25, -0.2) is 5.43 Å². The van der Waals surface area contributed by atoms with E-state index in [-0.39, 0.29) is 24.4 Å². The summed E-state index contributed by atoms with van der Waals surface area (Å²) in [5.74, 6) is -0.531. The molecule has 30 heavy (non-hydrogen) atoms. The number of alkyl halides is 3. The van der Waals surface area contributed by atoms with Gasteiger partial charge in [0.05, 0.1) is 12.0 Å². The van der Waals surface area contributed by atoms with E-state index in [0.717, 1.165) is 22.2 Å². The average Bonchev–Trinajstić information content (AvgIpc) is 2.65. The van der Waals surface area contributed by atoms with Crippen LogP contribution in [0.15, 0.2) is 52.0 Å². The van der Waals surface area contributed by atoms with Crippen LogP contribution in [-0.2, 0) is 15.8 Å². The first-order valence-electron chi connectivity index (χ1n) is 8.72. The summed E-state index contributed by atoms with van der Waals surface area (Å²) in [6, 6.07) is 9.66. The van der Waals surface area contributed by atoms with Gasteiger partial charge in [-0.1, -0.05) is 22.0 Å². The van der Waals surface area contributed by atoms with Gasteiger partial charge in [0, 0.05) is 15.9 Å². The van der Waals surface area contributed by atoms with Gasteiger partial charge in [0.2, 0.25) is 5.91 Å². The molecule has 0 aliphatic heterocycles. The fraction of sp³-hybridized carbons (Fsp3) is 0.250. The average molecular weight is 486 g/mol. The second-order valence-electron chi connectivity index (χ2n) is 6.38. The lowest BCUT2D eigenvalue weighted by molar-refractivity contribution is -0.137. The van der Waals surface area contributed by atoms with E-state index >= 15 is 0 Å². The SMILES string of the molecule is C/C(CC(=O)Nc1cccc(C(F)(F)F)c1)=N\NC(=O)COc1ccc(Br)cc1C. The highest BCUT2D eigenvalue weighted by molar-refractivity contribution is 9.10. The zero-order valence-corrected chi connectivity index (χ0v) is 17.7. The predicted octanol–water partition coefficient (Wildman–Crippen LogP) is 4.68. The van der Waals surface area contributed by atoms with Crippen LogP contribution in [-0.4, -0.2) is 24.1 Å². The Morgan fingerprint density at radius 2 is 1.87 bits per heavy atom. The Bertz CT molecular complexity index is 962. The molecular weight excluding hydrogens is 467 g/mol. The summed E-state index contributed by atoms with van der Waals surface area (Å²) in [4.78, 5) is 23.8. The maximum atomic E-state index is 12.7. The number of anilines is 1. The van der Waals surface area contributed by atoms with E-state index in [1.807, 2.05) is 13.0 Å². The lowest BCUT2D eigenvalue weighted by Gasteiger charge is -2.10. The number of hydrogen-bond donors (Lipinski definition) is 2. The van der Waals surface area contributed by atoms with Crippen molar-refractivity contribution in [3.05, 3.63) is 58.1 Å². The Labute approximate surface area is 179 Å². The summed E-state index contributed by atoms with van der Waals surface area (Å²) in [7, 11) is 0. The van der Waals surface area contributed by atoms with Crippen LogP contribution in [0, 0.1) is 6.92 Å². The van der Waals surface area contributed by atoms with Crippen molar-refractivity contribution >= 4 is 39.1 Å². The zero-order chi connectivity index (χ0) is 22.3. The van der Waals surface area contributed by atoms with Gasteiger partial charge in [0.15, 0.2) is 6.61 Å². The summed E-state index contributed by atoms with van der Waals surface area (Å²) >= 11 is 3.33. The van der Waals surface area contributed by atoms with Gasteiger partial charge >= 0.3 is 6.18 Å². The van der Waals surface area contributed by atoms with E-state index in [4.69, 9.17) is 4.74 Å². The van der Waals surface area contributed by atoms with Crippen molar-refractivity contribution in [1.29, 1.82) is 0 Å². The molecule has 2 rings (SSSR count). The molecule has 2 amide bonds. The minimum Gasteiger partial charge on any atom is -0.483 e. The molecule has 0 atom stereocenters. The van der Waals surface area contributed by atoms with Gasteiger partial charge in [0.1, 0.15) is 5.75 Å². The summed E-state index contributed by atoms with van der Waals surface area (Å²) in [6.45, 7) is 3.07. The zero-order valence-electron chi connectivity index (χ0n) is 16.1. The van der Waals surface area contributed by atoms with E-state index in [0.29, 0.717) is 5.75 Å². The molecule has 160 valence electrons. The van der Waals surface area contributed by atoms with E-state index in [2.05, 4.69) is 31.8 Å². The van der Waals surface area contributed by atoms with Crippen molar-refractivity contribution in [2.45, 2.75) is 26.4 Å². The van der Waals surface area contributed by atoms with Crippen molar-refractivity contribution in [3.63, 3.8) is 0 Å². The van der Waals surface area contributed by atoms with Crippen molar-refractivity contribution in [3.8, 4) is 5.75 Å². The number of hydrogen-bond acceptors (Lipinski definition) is 4. The van der Waals surface area contributed by atoms with E-state index in [9.17, 15) is 22.8 Å². The van der Waals surface area contributed by atoms with Crippen molar-refractivity contribution in [2.75, 3.05) is 11.9 Å². The van der Waals surface area contributed by atoms with E-state index < -0.39 is 23.6 Å². The van der Waals surface area contributed by atoms with Crippen LogP contribution in [0.1, 0.15) is 24.5 Å². The molecule has 2 N–H and O–H groups in total. The molecule has 0 fully saturated rings. The molecule has 0 aromatic heterocycles. The molecule has 0 heterocycles. The first kappa shape index (κ1) is 23.4. The second-order valence-corrected chi connectivity index (χ2v) is 7.30. The highest BCUT2D eigenvalue weighted by Crippen LogP contribution is 2.30. The molecule has 2 aromatic rings. The standard InChI is InChI=1S/C20H19BrF3N3O3/c1-12-8-15(21)6-7-17(12)30-11-19(29)27-26-13(2)9-18(28)25-16-5-3-4-14(10-16)20(22,23)24/h3-8,10H,9,11H2,1-2H3,(H,25,28)(H,27,29)/b26-13+. The minimum absolute atomic E-state index is 0.0185. The third kappa shape index (κ3) is 7.51. The summed E-state index contributed by atoms with van der Waals surface area (Å²) < 4.78 is 44.5. The number of benzene rings is 2. The number of nitrogens with one attached hydrogen (secondary N) is 2. The smallest absolute Gasteiger partial charge is 0.416 e. The van der Waals surface area contributed by atoms with Gasteiger partial charge in [-0.15, -0.1) is 0 Å². The number of ether oxygens (including phenoxy) is 1. The van der Waals surface area contributed by atoms with Crippen LogP contribution in [0.2, 0.25) is 0 Å². The highest BCUT2D eigenvalue weighted by atomic mass is 79.9. The third-order valence-corrected chi connectivity index (χ3v) is 4.25. The first-order chi connectivity index (χ1) is 14.0. The molecule has 0 aliphatic rings. The highest BCUT2D eigenvalue weighted by Gasteiger charge is 2.30. The Morgan fingerprint density at radius 3 is 2.53 bits per heavy atom. The molecule has 0 saturated carbocycles.